The highest BCUT2D eigenvalue weighted by Gasteiger charge is 2.22. The van der Waals surface area contributed by atoms with Gasteiger partial charge < -0.3 is 10.6 Å². The van der Waals surface area contributed by atoms with Gasteiger partial charge in [0.15, 0.2) is 5.96 Å². The summed E-state index contributed by atoms with van der Waals surface area (Å²) in [5.41, 5.74) is 2.67. The number of nitrogens with zero attached hydrogens (tertiary/aromatic N) is 3. The van der Waals surface area contributed by atoms with Crippen molar-refractivity contribution in [2.45, 2.75) is 65.7 Å². The van der Waals surface area contributed by atoms with Gasteiger partial charge in [0.25, 0.3) is 0 Å². The molecule has 1 aromatic carbocycles. The van der Waals surface area contributed by atoms with Crippen LogP contribution >= 0.6 is 24.0 Å². The summed E-state index contributed by atoms with van der Waals surface area (Å²) >= 11 is 0. The monoisotopic (exact) mass is 501 g/mol. The first kappa shape index (κ1) is 25.2. The highest BCUT2D eigenvalue weighted by Crippen LogP contribution is 2.16. The van der Waals surface area contributed by atoms with Crippen molar-refractivity contribution >= 4 is 29.9 Å². The van der Waals surface area contributed by atoms with Crippen LogP contribution in [0, 0.1) is 0 Å². The minimum atomic E-state index is 0. The molecule has 1 heterocycles. The second-order valence-electron chi connectivity index (χ2n) is 7.78. The van der Waals surface area contributed by atoms with E-state index in [4.69, 9.17) is 4.99 Å². The first-order valence-corrected chi connectivity index (χ1v) is 10.6. The van der Waals surface area contributed by atoms with Crippen LogP contribution in [0.2, 0.25) is 0 Å². The molecule has 1 unspecified atom stereocenters. The SMILES string of the molecule is CCNC(=NCc1ccccc1CN(C)C(C)C)NCC1CCCN1CC.I. The Hall–Kier alpha value is -0.860. The third-order valence-electron chi connectivity index (χ3n) is 5.58. The second kappa shape index (κ2) is 13.4. The molecule has 1 saturated heterocycles. The summed E-state index contributed by atoms with van der Waals surface area (Å²) in [4.78, 5) is 9.80. The molecule has 0 amide bonds. The Balaban J connectivity index is 0.00000392. The van der Waals surface area contributed by atoms with E-state index in [0.29, 0.717) is 18.6 Å². The Bertz CT molecular complexity index is 590. The topological polar surface area (TPSA) is 42.9 Å². The molecule has 1 fully saturated rings. The largest absolute Gasteiger partial charge is 0.357 e. The van der Waals surface area contributed by atoms with Crippen LogP contribution in [0.25, 0.3) is 0 Å². The fourth-order valence-electron chi connectivity index (χ4n) is 3.58. The number of aliphatic imine (C=N–C) groups is 1. The smallest absolute Gasteiger partial charge is 0.191 e. The minimum absolute atomic E-state index is 0. The van der Waals surface area contributed by atoms with Crippen LogP contribution in [0.4, 0.5) is 0 Å². The van der Waals surface area contributed by atoms with Crippen molar-refractivity contribution in [3.8, 4) is 0 Å². The van der Waals surface area contributed by atoms with Gasteiger partial charge >= 0.3 is 0 Å². The molecule has 1 aliphatic rings. The molecule has 28 heavy (non-hydrogen) atoms. The lowest BCUT2D eigenvalue weighted by molar-refractivity contribution is 0.265. The summed E-state index contributed by atoms with van der Waals surface area (Å²) in [5, 5.41) is 6.96. The maximum absolute atomic E-state index is 4.87. The summed E-state index contributed by atoms with van der Waals surface area (Å²) < 4.78 is 0. The van der Waals surface area contributed by atoms with Gasteiger partial charge in [0.05, 0.1) is 6.54 Å². The Morgan fingerprint density at radius 1 is 1.21 bits per heavy atom. The molecule has 1 aliphatic heterocycles. The normalized spacial score (nSPS) is 17.8. The number of hydrogen-bond donors (Lipinski definition) is 2. The Kier molecular flexibility index (Phi) is 12.0. The van der Waals surface area contributed by atoms with Gasteiger partial charge in [-0.15, -0.1) is 24.0 Å². The number of guanidine groups is 1. The number of benzene rings is 1. The van der Waals surface area contributed by atoms with Gasteiger partial charge in [-0.05, 0) is 64.9 Å². The van der Waals surface area contributed by atoms with Gasteiger partial charge in [-0.3, -0.25) is 9.80 Å². The molecule has 0 aromatic heterocycles. The first-order valence-electron chi connectivity index (χ1n) is 10.6. The van der Waals surface area contributed by atoms with Gasteiger partial charge in [-0.2, -0.15) is 0 Å². The van der Waals surface area contributed by atoms with E-state index in [1.807, 2.05) is 0 Å². The van der Waals surface area contributed by atoms with E-state index >= 15 is 0 Å². The third-order valence-corrected chi connectivity index (χ3v) is 5.58. The number of hydrogen-bond acceptors (Lipinski definition) is 3. The Morgan fingerprint density at radius 3 is 2.57 bits per heavy atom. The molecule has 0 saturated carbocycles. The molecule has 6 heteroatoms. The summed E-state index contributed by atoms with van der Waals surface area (Å²) in [6.07, 6.45) is 2.59. The van der Waals surface area contributed by atoms with Gasteiger partial charge in [-0.1, -0.05) is 31.2 Å². The Labute approximate surface area is 189 Å². The quantitative estimate of drug-likeness (QED) is 0.308. The number of rotatable bonds is 9. The number of likely N-dealkylation sites (N-methyl/N-ethyl adjacent to an activating group) is 1. The molecule has 2 N–H and O–H groups in total. The number of halogens is 1. The second-order valence-corrected chi connectivity index (χ2v) is 7.78. The van der Waals surface area contributed by atoms with Crippen molar-refractivity contribution in [3.05, 3.63) is 35.4 Å². The zero-order valence-electron chi connectivity index (χ0n) is 18.4. The van der Waals surface area contributed by atoms with Crippen molar-refractivity contribution in [1.82, 2.24) is 20.4 Å². The molecular weight excluding hydrogens is 461 g/mol. The van der Waals surface area contributed by atoms with E-state index in [-0.39, 0.29) is 24.0 Å². The number of likely N-dealkylation sites (tertiary alicyclic amines) is 1. The molecule has 1 aromatic rings. The molecule has 1 atom stereocenters. The van der Waals surface area contributed by atoms with E-state index in [1.165, 1.54) is 30.5 Å². The lowest BCUT2D eigenvalue weighted by Crippen LogP contribution is -2.44. The fourth-order valence-corrected chi connectivity index (χ4v) is 3.58. The van der Waals surface area contributed by atoms with Crippen molar-refractivity contribution in [3.63, 3.8) is 0 Å². The summed E-state index contributed by atoms with van der Waals surface area (Å²) in [7, 11) is 2.18. The highest BCUT2D eigenvalue weighted by atomic mass is 127. The van der Waals surface area contributed by atoms with Gasteiger partial charge in [0, 0.05) is 31.7 Å². The Morgan fingerprint density at radius 2 is 1.93 bits per heavy atom. The van der Waals surface area contributed by atoms with Crippen molar-refractivity contribution in [2.24, 2.45) is 4.99 Å². The lowest BCUT2D eigenvalue weighted by atomic mass is 10.1. The van der Waals surface area contributed by atoms with Crippen molar-refractivity contribution in [2.75, 3.05) is 33.2 Å². The lowest BCUT2D eigenvalue weighted by Gasteiger charge is -2.24. The maximum atomic E-state index is 4.87. The predicted octanol–water partition coefficient (Wildman–Crippen LogP) is 3.68. The van der Waals surface area contributed by atoms with Crippen LogP contribution in [-0.4, -0.2) is 61.1 Å². The van der Waals surface area contributed by atoms with E-state index in [0.717, 1.165) is 32.1 Å². The van der Waals surface area contributed by atoms with Gasteiger partial charge in [0.1, 0.15) is 0 Å². The van der Waals surface area contributed by atoms with E-state index in [2.05, 4.69) is 79.4 Å². The molecule has 5 nitrogen and oxygen atoms in total. The molecule has 0 bridgehead atoms. The maximum Gasteiger partial charge on any atom is 0.191 e. The molecule has 2 rings (SSSR count). The van der Waals surface area contributed by atoms with Crippen LogP contribution in [0.1, 0.15) is 51.7 Å². The van der Waals surface area contributed by atoms with Crippen LogP contribution in [0.15, 0.2) is 29.3 Å². The van der Waals surface area contributed by atoms with Gasteiger partial charge in [0.2, 0.25) is 0 Å². The predicted molar refractivity (Wildman–Crippen MR) is 132 cm³/mol. The fraction of sp³-hybridized carbons (Fsp3) is 0.682. The summed E-state index contributed by atoms with van der Waals surface area (Å²) in [6.45, 7) is 14.7. The van der Waals surface area contributed by atoms with Crippen LogP contribution in [0.3, 0.4) is 0 Å². The first-order chi connectivity index (χ1) is 13.0. The molecule has 0 aliphatic carbocycles. The summed E-state index contributed by atoms with van der Waals surface area (Å²) in [5.74, 6) is 0.924. The van der Waals surface area contributed by atoms with Crippen LogP contribution in [-0.2, 0) is 13.1 Å². The number of nitrogens with one attached hydrogen (secondary N) is 2. The molecule has 160 valence electrons. The zero-order chi connectivity index (χ0) is 19.6. The average molecular weight is 502 g/mol. The van der Waals surface area contributed by atoms with Crippen molar-refractivity contribution in [1.29, 1.82) is 0 Å². The highest BCUT2D eigenvalue weighted by molar-refractivity contribution is 14.0. The van der Waals surface area contributed by atoms with Gasteiger partial charge in [-0.25, -0.2) is 4.99 Å². The standard InChI is InChI=1S/C22H39N5.HI/c1-6-23-22(25-16-21-13-10-14-27(21)7-2)24-15-19-11-8-9-12-20(19)17-26(5)18(3)4;/h8-9,11-12,18,21H,6-7,10,13-17H2,1-5H3,(H2,23,24,25);1H. The van der Waals surface area contributed by atoms with E-state index < -0.39 is 0 Å². The van der Waals surface area contributed by atoms with Crippen molar-refractivity contribution < 1.29 is 0 Å². The summed E-state index contributed by atoms with van der Waals surface area (Å²) in [6, 6.07) is 9.83. The molecule has 0 spiro atoms. The van der Waals surface area contributed by atoms with Crippen LogP contribution < -0.4 is 10.6 Å². The third kappa shape index (κ3) is 7.87. The van der Waals surface area contributed by atoms with E-state index in [1.54, 1.807) is 0 Å². The molecule has 0 radical (unpaired) electrons. The van der Waals surface area contributed by atoms with Crippen LogP contribution in [0.5, 0.6) is 0 Å². The van der Waals surface area contributed by atoms with E-state index in [9.17, 15) is 0 Å². The zero-order valence-corrected chi connectivity index (χ0v) is 20.7. The molecular formula is C22H40IN5. The average Bonchev–Trinajstić information content (AvgIpc) is 3.12. The minimum Gasteiger partial charge on any atom is -0.357 e.